The van der Waals surface area contributed by atoms with Gasteiger partial charge in [-0.15, -0.1) is 11.3 Å². The van der Waals surface area contributed by atoms with Gasteiger partial charge in [0.2, 0.25) is 5.91 Å². The zero-order chi connectivity index (χ0) is 18.2. The van der Waals surface area contributed by atoms with Crippen LogP contribution in [0.1, 0.15) is 35.1 Å². The molecule has 27 heavy (non-hydrogen) atoms. The predicted octanol–water partition coefficient (Wildman–Crippen LogP) is 3.65. The molecular formula is C21H23N3O2S. The molecule has 1 saturated heterocycles. The van der Waals surface area contributed by atoms with Gasteiger partial charge in [0.15, 0.2) is 11.5 Å². The molecule has 0 saturated carbocycles. The highest BCUT2D eigenvalue weighted by Gasteiger charge is 2.29. The van der Waals surface area contributed by atoms with Gasteiger partial charge >= 0.3 is 0 Å². The second kappa shape index (κ2) is 7.09. The van der Waals surface area contributed by atoms with E-state index in [-0.39, 0.29) is 11.8 Å². The standard InChI is InChI=1S/C21H23N3O2S/c25-20(14-23-10-7-19-15(12-23)8-11-27-19)24-9-3-4-16(13-24)21-22-17-5-1-2-6-18(17)26-21/h1-2,5-6,8,11,16H,3-4,7,9-10,12-14H2/t16-/m0/s1. The molecule has 0 unspecified atom stereocenters. The Bertz CT molecular complexity index is 930. The quantitative estimate of drug-likeness (QED) is 0.695. The summed E-state index contributed by atoms with van der Waals surface area (Å²) in [5.74, 6) is 1.20. The second-order valence-electron chi connectivity index (χ2n) is 7.53. The number of nitrogens with zero attached hydrogens (tertiary/aromatic N) is 3. The molecule has 6 heteroatoms. The lowest BCUT2D eigenvalue weighted by atomic mass is 9.98. The molecule has 1 fully saturated rings. The average Bonchev–Trinajstić information content (AvgIpc) is 3.34. The minimum absolute atomic E-state index is 0.194. The minimum atomic E-state index is 0.194. The molecule has 1 amide bonds. The van der Waals surface area contributed by atoms with Crippen molar-refractivity contribution < 1.29 is 9.21 Å². The Balaban J connectivity index is 1.24. The van der Waals surface area contributed by atoms with Crippen molar-refractivity contribution in [2.45, 2.75) is 31.7 Å². The molecule has 3 aromatic rings. The molecule has 1 aromatic carbocycles. The summed E-state index contributed by atoms with van der Waals surface area (Å²) in [6.07, 6.45) is 3.09. The summed E-state index contributed by atoms with van der Waals surface area (Å²) in [5, 5.41) is 2.16. The number of hydrogen-bond donors (Lipinski definition) is 0. The number of benzene rings is 1. The average molecular weight is 382 g/mol. The number of fused-ring (bicyclic) bond motifs is 2. The van der Waals surface area contributed by atoms with Gasteiger partial charge in [-0.25, -0.2) is 4.98 Å². The molecule has 2 aliphatic rings. The van der Waals surface area contributed by atoms with Crippen molar-refractivity contribution in [2.24, 2.45) is 0 Å². The van der Waals surface area contributed by atoms with Crippen LogP contribution in [0.5, 0.6) is 0 Å². The van der Waals surface area contributed by atoms with Crippen LogP contribution in [0.3, 0.4) is 0 Å². The monoisotopic (exact) mass is 381 g/mol. The zero-order valence-electron chi connectivity index (χ0n) is 15.3. The molecular weight excluding hydrogens is 358 g/mol. The third-order valence-electron chi connectivity index (χ3n) is 5.68. The third-order valence-corrected chi connectivity index (χ3v) is 6.70. The van der Waals surface area contributed by atoms with E-state index in [1.807, 2.05) is 40.5 Å². The Kier molecular flexibility index (Phi) is 4.45. The maximum atomic E-state index is 12.9. The first-order chi connectivity index (χ1) is 13.3. The summed E-state index contributed by atoms with van der Waals surface area (Å²) < 4.78 is 5.96. The largest absolute Gasteiger partial charge is 0.440 e. The summed E-state index contributed by atoms with van der Waals surface area (Å²) in [5.41, 5.74) is 3.12. The molecule has 1 atom stereocenters. The van der Waals surface area contributed by atoms with Gasteiger partial charge in [0, 0.05) is 31.1 Å². The van der Waals surface area contributed by atoms with E-state index < -0.39 is 0 Å². The van der Waals surface area contributed by atoms with Crippen LogP contribution in [-0.4, -0.2) is 46.9 Å². The third kappa shape index (κ3) is 3.39. The van der Waals surface area contributed by atoms with Gasteiger partial charge in [0.05, 0.1) is 12.5 Å². The molecule has 0 aliphatic carbocycles. The summed E-state index contributed by atoms with van der Waals surface area (Å²) >= 11 is 1.83. The number of amides is 1. The lowest BCUT2D eigenvalue weighted by Crippen LogP contribution is -2.45. The molecule has 0 spiro atoms. The van der Waals surface area contributed by atoms with Crippen LogP contribution in [0, 0.1) is 0 Å². The van der Waals surface area contributed by atoms with Crippen LogP contribution in [0.4, 0.5) is 0 Å². The van der Waals surface area contributed by atoms with E-state index in [1.165, 1.54) is 10.4 Å². The highest BCUT2D eigenvalue weighted by atomic mass is 32.1. The summed E-state index contributed by atoms with van der Waals surface area (Å²) in [4.78, 5) is 23.3. The zero-order valence-corrected chi connectivity index (χ0v) is 16.1. The lowest BCUT2D eigenvalue weighted by molar-refractivity contribution is -0.134. The fourth-order valence-electron chi connectivity index (χ4n) is 4.20. The van der Waals surface area contributed by atoms with E-state index in [2.05, 4.69) is 21.3 Å². The number of aromatic nitrogens is 1. The van der Waals surface area contributed by atoms with Gasteiger partial charge in [-0.3, -0.25) is 9.69 Å². The van der Waals surface area contributed by atoms with E-state index in [1.54, 1.807) is 0 Å². The van der Waals surface area contributed by atoms with Crippen molar-refractivity contribution in [3.63, 3.8) is 0 Å². The Labute approximate surface area is 162 Å². The Morgan fingerprint density at radius 2 is 2.19 bits per heavy atom. The molecule has 0 N–H and O–H groups in total. The van der Waals surface area contributed by atoms with Gasteiger partial charge in [-0.05, 0) is 48.4 Å². The van der Waals surface area contributed by atoms with Crippen molar-refractivity contribution in [3.8, 4) is 0 Å². The SMILES string of the molecule is O=C(CN1CCc2sccc2C1)N1CCC[C@H](c2nc3ccccc3o2)C1. The van der Waals surface area contributed by atoms with Crippen LogP contribution in [-0.2, 0) is 17.8 Å². The van der Waals surface area contributed by atoms with E-state index in [9.17, 15) is 4.79 Å². The number of carbonyl (C=O) groups excluding carboxylic acids is 1. The summed E-state index contributed by atoms with van der Waals surface area (Å²) in [7, 11) is 0. The van der Waals surface area contributed by atoms with Gasteiger partial charge in [-0.1, -0.05) is 12.1 Å². The summed E-state index contributed by atoms with van der Waals surface area (Å²) in [6, 6.07) is 10.1. The first-order valence-corrected chi connectivity index (χ1v) is 10.5. The number of para-hydroxylation sites is 2. The molecule has 2 aliphatic heterocycles. The van der Waals surface area contributed by atoms with Crippen molar-refractivity contribution in [3.05, 3.63) is 52.0 Å². The molecule has 0 bridgehead atoms. The Morgan fingerprint density at radius 3 is 3.11 bits per heavy atom. The maximum Gasteiger partial charge on any atom is 0.236 e. The smallest absolute Gasteiger partial charge is 0.236 e. The van der Waals surface area contributed by atoms with Gasteiger partial charge < -0.3 is 9.32 Å². The number of hydrogen-bond acceptors (Lipinski definition) is 5. The van der Waals surface area contributed by atoms with Crippen molar-refractivity contribution in [1.29, 1.82) is 0 Å². The van der Waals surface area contributed by atoms with E-state index in [4.69, 9.17) is 4.42 Å². The van der Waals surface area contributed by atoms with E-state index in [0.29, 0.717) is 13.1 Å². The topological polar surface area (TPSA) is 49.6 Å². The number of piperidine rings is 1. The lowest BCUT2D eigenvalue weighted by Gasteiger charge is -2.34. The number of likely N-dealkylation sites (tertiary alicyclic amines) is 1. The second-order valence-corrected chi connectivity index (χ2v) is 8.53. The number of rotatable bonds is 3. The van der Waals surface area contributed by atoms with Crippen molar-refractivity contribution in [1.82, 2.24) is 14.8 Å². The maximum absolute atomic E-state index is 12.9. The predicted molar refractivity (Wildman–Crippen MR) is 106 cm³/mol. The van der Waals surface area contributed by atoms with Crippen LogP contribution in [0.15, 0.2) is 40.1 Å². The first-order valence-electron chi connectivity index (χ1n) is 9.67. The van der Waals surface area contributed by atoms with E-state index in [0.717, 1.165) is 55.9 Å². The number of oxazole rings is 1. The number of carbonyl (C=O) groups is 1. The van der Waals surface area contributed by atoms with Crippen LogP contribution >= 0.6 is 11.3 Å². The van der Waals surface area contributed by atoms with Crippen molar-refractivity contribution >= 4 is 28.3 Å². The van der Waals surface area contributed by atoms with Gasteiger partial charge in [0.1, 0.15) is 5.52 Å². The Morgan fingerprint density at radius 1 is 1.26 bits per heavy atom. The van der Waals surface area contributed by atoms with Crippen molar-refractivity contribution in [2.75, 3.05) is 26.2 Å². The molecule has 5 nitrogen and oxygen atoms in total. The summed E-state index contributed by atoms with van der Waals surface area (Å²) in [6.45, 7) is 3.93. The highest BCUT2D eigenvalue weighted by Crippen LogP contribution is 2.29. The fraction of sp³-hybridized carbons (Fsp3) is 0.429. The van der Waals surface area contributed by atoms with E-state index >= 15 is 0 Å². The minimum Gasteiger partial charge on any atom is -0.440 e. The molecule has 0 radical (unpaired) electrons. The molecule has 4 heterocycles. The highest BCUT2D eigenvalue weighted by molar-refractivity contribution is 7.10. The molecule has 2 aromatic heterocycles. The van der Waals surface area contributed by atoms with Gasteiger partial charge in [0.25, 0.3) is 0 Å². The number of thiophene rings is 1. The molecule has 140 valence electrons. The van der Waals surface area contributed by atoms with Crippen LogP contribution < -0.4 is 0 Å². The van der Waals surface area contributed by atoms with Crippen LogP contribution in [0.2, 0.25) is 0 Å². The first kappa shape index (κ1) is 17.0. The Hall–Kier alpha value is -2.18. The van der Waals surface area contributed by atoms with Gasteiger partial charge in [-0.2, -0.15) is 0 Å². The van der Waals surface area contributed by atoms with Crippen LogP contribution in [0.25, 0.3) is 11.1 Å². The fourth-order valence-corrected chi connectivity index (χ4v) is 5.09. The normalized spacial score (nSPS) is 20.7. The molecule has 5 rings (SSSR count).